The fraction of sp³-hybridized carbons (Fsp3) is 0.100. The van der Waals surface area contributed by atoms with Crippen molar-refractivity contribution in [3.8, 4) is 0 Å². The van der Waals surface area contributed by atoms with Gasteiger partial charge in [0.1, 0.15) is 7.92 Å². The van der Waals surface area contributed by atoms with Crippen LogP contribution in [0.2, 0.25) is 0 Å². The molecule has 0 atom stereocenters. The van der Waals surface area contributed by atoms with E-state index in [1.165, 1.54) is 0 Å². The predicted molar refractivity (Wildman–Crippen MR) is 141 cm³/mol. The highest BCUT2D eigenvalue weighted by molar-refractivity contribution is 8.03. The van der Waals surface area contributed by atoms with Crippen molar-refractivity contribution in [1.29, 1.82) is 0 Å². The van der Waals surface area contributed by atoms with Crippen molar-refractivity contribution in [3.05, 3.63) is 144 Å². The zero-order valence-corrected chi connectivity index (χ0v) is 20.0. The highest BCUT2D eigenvalue weighted by Crippen LogP contribution is 2.46. The summed E-state index contributed by atoms with van der Waals surface area (Å²) in [6.45, 7) is 11.2. The normalized spacial score (nSPS) is 10.5. The lowest BCUT2D eigenvalue weighted by molar-refractivity contribution is 0.102. The van der Waals surface area contributed by atoms with Crippen molar-refractivity contribution in [2.45, 2.75) is 19.3 Å². The van der Waals surface area contributed by atoms with Gasteiger partial charge in [0.25, 0.3) is 0 Å². The first-order chi connectivity index (χ1) is 16.5. The standard InChI is InChI=1S/C30H27O3P/c1-4-7-22-10-16-25(17-11-22)28(31)34(29(32)26-18-12-23(8-5-2)13-19-26)30(33)27-20-14-24(9-6-3)15-21-27/h4-6,10-21H,1-3,7-9H2. The van der Waals surface area contributed by atoms with Crippen molar-refractivity contribution in [2.24, 2.45) is 0 Å². The number of hydrogen-bond donors (Lipinski definition) is 0. The van der Waals surface area contributed by atoms with Crippen LogP contribution in [0.25, 0.3) is 0 Å². The monoisotopic (exact) mass is 466 g/mol. The lowest BCUT2D eigenvalue weighted by Gasteiger charge is -2.15. The Hall–Kier alpha value is -3.68. The van der Waals surface area contributed by atoms with E-state index in [-0.39, 0.29) is 0 Å². The zero-order valence-electron chi connectivity index (χ0n) is 19.1. The van der Waals surface area contributed by atoms with Gasteiger partial charge in [0.2, 0.25) is 0 Å². The minimum Gasteiger partial charge on any atom is -0.288 e. The van der Waals surface area contributed by atoms with E-state index in [0.717, 1.165) is 16.7 Å². The minimum absolute atomic E-state index is 0.354. The predicted octanol–water partition coefficient (Wildman–Crippen LogP) is 7.18. The fourth-order valence-electron chi connectivity index (χ4n) is 3.51. The molecular weight excluding hydrogens is 439 g/mol. The van der Waals surface area contributed by atoms with Crippen molar-refractivity contribution < 1.29 is 14.4 Å². The maximum atomic E-state index is 13.5. The molecule has 0 aliphatic carbocycles. The van der Waals surface area contributed by atoms with Gasteiger partial charge in [-0.25, -0.2) is 0 Å². The summed E-state index contributed by atoms with van der Waals surface area (Å²) in [6.07, 6.45) is 7.37. The number of hydrogen-bond acceptors (Lipinski definition) is 3. The minimum atomic E-state index is -2.30. The molecule has 0 unspecified atom stereocenters. The van der Waals surface area contributed by atoms with Crippen LogP contribution in [0, 0.1) is 0 Å². The highest BCUT2D eigenvalue weighted by atomic mass is 31.1. The van der Waals surface area contributed by atoms with Gasteiger partial charge in [-0.05, 0) is 36.0 Å². The van der Waals surface area contributed by atoms with Crippen molar-refractivity contribution in [3.63, 3.8) is 0 Å². The molecule has 3 nitrogen and oxygen atoms in total. The summed E-state index contributed by atoms with van der Waals surface area (Å²) < 4.78 is 0. The van der Waals surface area contributed by atoms with Crippen molar-refractivity contribution >= 4 is 24.5 Å². The molecule has 0 N–H and O–H groups in total. The Balaban J connectivity index is 1.98. The number of allylic oxidation sites excluding steroid dienone is 3. The van der Waals surface area contributed by atoms with Crippen molar-refractivity contribution in [2.75, 3.05) is 0 Å². The molecule has 0 saturated carbocycles. The molecule has 3 aromatic rings. The number of carbonyl (C=O) groups is 3. The van der Waals surface area contributed by atoms with Crippen LogP contribution >= 0.6 is 7.92 Å². The first kappa shape index (κ1) is 25.0. The number of benzene rings is 3. The Morgan fingerprint density at radius 1 is 0.500 bits per heavy atom. The summed E-state index contributed by atoms with van der Waals surface area (Å²) in [5.74, 6) is 0. The molecular formula is C30H27O3P. The third-order valence-electron chi connectivity index (χ3n) is 5.35. The molecule has 0 aliphatic heterocycles. The van der Waals surface area contributed by atoms with Crippen LogP contribution in [-0.4, -0.2) is 16.6 Å². The van der Waals surface area contributed by atoms with E-state index < -0.39 is 24.5 Å². The maximum Gasteiger partial charge on any atom is 0.200 e. The lowest BCUT2D eigenvalue weighted by atomic mass is 10.1. The van der Waals surface area contributed by atoms with E-state index in [0.29, 0.717) is 36.0 Å². The quantitative estimate of drug-likeness (QED) is 0.210. The molecule has 3 rings (SSSR count). The maximum absolute atomic E-state index is 13.5. The van der Waals surface area contributed by atoms with Crippen LogP contribution in [0.4, 0.5) is 0 Å². The smallest absolute Gasteiger partial charge is 0.200 e. The van der Waals surface area contributed by atoms with Gasteiger partial charge in [0.05, 0.1) is 0 Å². The van der Waals surface area contributed by atoms with E-state index in [1.54, 1.807) is 54.6 Å². The molecule has 0 spiro atoms. The van der Waals surface area contributed by atoms with Gasteiger partial charge in [-0.3, -0.25) is 14.4 Å². The van der Waals surface area contributed by atoms with E-state index in [4.69, 9.17) is 0 Å². The van der Waals surface area contributed by atoms with Gasteiger partial charge in [-0.1, -0.05) is 91.0 Å². The van der Waals surface area contributed by atoms with Gasteiger partial charge in [-0.2, -0.15) is 0 Å². The summed E-state index contributed by atoms with van der Waals surface area (Å²) in [7, 11) is -2.30. The molecule has 3 aromatic carbocycles. The Morgan fingerprint density at radius 3 is 0.941 bits per heavy atom. The van der Waals surface area contributed by atoms with E-state index in [9.17, 15) is 14.4 Å². The molecule has 4 heteroatoms. The Labute approximate surface area is 202 Å². The molecule has 0 fully saturated rings. The molecule has 0 heterocycles. The molecule has 0 radical (unpaired) electrons. The second-order valence-corrected chi connectivity index (χ2v) is 9.71. The molecule has 0 aliphatic rings. The SMILES string of the molecule is C=CCc1ccc(C(=O)P(C(=O)c2ccc(CC=C)cc2)C(=O)c2ccc(CC=C)cc2)cc1. The topological polar surface area (TPSA) is 51.2 Å². The van der Waals surface area contributed by atoms with Crippen LogP contribution in [0.1, 0.15) is 47.8 Å². The van der Waals surface area contributed by atoms with E-state index in [1.807, 2.05) is 36.4 Å². The third kappa shape index (κ3) is 6.01. The average molecular weight is 467 g/mol. The largest absolute Gasteiger partial charge is 0.288 e. The second-order valence-electron chi connectivity index (χ2n) is 7.82. The molecule has 170 valence electrons. The van der Waals surface area contributed by atoms with Crippen LogP contribution in [-0.2, 0) is 19.3 Å². The number of rotatable bonds is 12. The zero-order chi connectivity index (χ0) is 24.5. The Morgan fingerprint density at radius 2 is 0.735 bits per heavy atom. The first-order valence-corrected chi connectivity index (χ1v) is 12.3. The molecule has 0 amide bonds. The summed E-state index contributed by atoms with van der Waals surface area (Å²) in [5, 5.41) is 0. The highest BCUT2D eigenvalue weighted by Gasteiger charge is 2.35. The van der Waals surface area contributed by atoms with Crippen LogP contribution in [0.15, 0.2) is 111 Å². The van der Waals surface area contributed by atoms with Gasteiger partial charge in [0.15, 0.2) is 16.6 Å². The van der Waals surface area contributed by atoms with Gasteiger partial charge < -0.3 is 0 Å². The summed E-state index contributed by atoms with van der Waals surface area (Å²) in [5.41, 5.74) is 2.74. The van der Waals surface area contributed by atoms with Gasteiger partial charge in [0, 0.05) is 16.7 Å². The third-order valence-corrected chi connectivity index (χ3v) is 7.35. The molecule has 0 bridgehead atoms. The van der Waals surface area contributed by atoms with E-state index >= 15 is 0 Å². The van der Waals surface area contributed by atoms with Crippen LogP contribution < -0.4 is 0 Å². The molecule has 0 aromatic heterocycles. The Bertz CT molecular complexity index is 1050. The van der Waals surface area contributed by atoms with Gasteiger partial charge >= 0.3 is 0 Å². The average Bonchev–Trinajstić information content (AvgIpc) is 2.86. The number of carbonyl (C=O) groups excluding carboxylic acids is 3. The van der Waals surface area contributed by atoms with Crippen LogP contribution in [0.3, 0.4) is 0 Å². The summed E-state index contributed by atoms with van der Waals surface area (Å²) in [4.78, 5) is 40.6. The van der Waals surface area contributed by atoms with Gasteiger partial charge in [-0.15, -0.1) is 19.7 Å². The summed E-state index contributed by atoms with van der Waals surface area (Å²) >= 11 is 0. The second kappa shape index (κ2) is 12.0. The molecule has 34 heavy (non-hydrogen) atoms. The first-order valence-electron chi connectivity index (χ1n) is 11.0. The van der Waals surface area contributed by atoms with E-state index in [2.05, 4.69) is 19.7 Å². The summed E-state index contributed by atoms with van der Waals surface area (Å²) in [6, 6.07) is 21.0. The van der Waals surface area contributed by atoms with Crippen molar-refractivity contribution in [1.82, 2.24) is 0 Å². The lowest BCUT2D eigenvalue weighted by Crippen LogP contribution is -2.14. The fourth-order valence-corrected chi connectivity index (χ4v) is 5.29. The van der Waals surface area contributed by atoms with Crippen LogP contribution in [0.5, 0.6) is 0 Å². The Kier molecular flexibility index (Phi) is 8.79. The molecule has 0 saturated heterocycles.